The van der Waals surface area contributed by atoms with Gasteiger partial charge in [-0.2, -0.15) is 0 Å². The maximum Gasteiger partial charge on any atom is 0.256 e. The summed E-state index contributed by atoms with van der Waals surface area (Å²) in [7, 11) is 0. The summed E-state index contributed by atoms with van der Waals surface area (Å²) >= 11 is 11.9. The van der Waals surface area contributed by atoms with Gasteiger partial charge in [0.15, 0.2) is 0 Å². The zero-order valence-corrected chi connectivity index (χ0v) is 14.8. The fraction of sp³-hybridized carbons (Fsp3) is 0.222. The number of anilines is 2. The predicted molar refractivity (Wildman–Crippen MR) is 96.9 cm³/mol. The number of imide groups is 1. The summed E-state index contributed by atoms with van der Waals surface area (Å²) in [5.74, 6) is -0.484. The van der Waals surface area contributed by atoms with Gasteiger partial charge in [-0.05, 0) is 43.7 Å². The van der Waals surface area contributed by atoms with Crippen LogP contribution in [-0.2, 0) is 9.59 Å². The lowest BCUT2D eigenvalue weighted by molar-refractivity contribution is -0.121. The molecule has 24 heavy (non-hydrogen) atoms. The Morgan fingerprint density at radius 2 is 1.79 bits per heavy atom. The first kappa shape index (κ1) is 16.8. The molecule has 4 nitrogen and oxygen atoms in total. The SMILES string of the molecule is Cc1ccc(N2C(=O)CC(Nc3ccc(Cl)c(Cl)c3)C2=O)c(C)c1. The summed E-state index contributed by atoms with van der Waals surface area (Å²) < 4.78 is 0. The molecule has 0 radical (unpaired) electrons. The van der Waals surface area contributed by atoms with Crippen molar-refractivity contribution in [2.45, 2.75) is 26.3 Å². The molecule has 6 heteroatoms. The molecule has 0 aliphatic carbocycles. The summed E-state index contributed by atoms with van der Waals surface area (Å²) in [6.07, 6.45) is 0.104. The molecule has 1 heterocycles. The van der Waals surface area contributed by atoms with Crippen LogP contribution in [0.1, 0.15) is 17.5 Å². The molecular formula is C18H16Cl2N2O2. The molecule has 0 spiro atoms. The van der Waals surface area contributed by atoms with Crippen molar-refractivity contribution in [1.29, 1.82) is 0 Å². The molecule has 0 saturated carbocycles. The minimum absolute atomic E-state index is 0.104. The van der Waals surface area contributed by atoms with E-state index in [9.17, 15) is 9.59 Å². The standard InChI is InChI=1S/C18H16Cl2N2O2/c1-10-3-6-16(11(2)7-10)22-17(23)9-15(18(22)24)21-12-4-5-13(19)14(20)8-12/h3-8,15,21H,9H2,1-2H3. The number of carbonyl (C=O) groups is 2. The van der Waals surface area contributed by atoms with Crippen LogP contribution in [0.5, 0.6) is 0 Å². The van der Waals surface area contributed by atoms with E-state index in [0.29, 0.717) is 21.4 Å². The predicted octanol–water partition coefficient (Wildman–Crippen LogP) is 4.35. The number of aryl methyl sites for hydroxylation is 2. The molecule has 1 N–H and O–H groups in total. The molecule has 2 amide bonds. The molecule has 1 aliphatic heterocycles. The van der Waals surface area contributed by atoms with Gasteiger partial charge in [0, 0.05) is 5.69 Å². The number of nitrogens with one attached hydrogen (secondary N) is 1. The number of amides is 2. The number of rotatable bonds is 3. The van der Waals surface area contributed by atoms with E-state index in [0.717, 1.165) is 11.1 Å². The van der Waals surface area contributed by atoms with E-state index in [1.807, 2.05) is 32.0 Å². The van der Waals surface area contributed by atoms with Crippen LogP contribution in [0.3, 0.4) is 0 Å². The molecule has 0 bridgehead atoms. The number of benzene rings is 2. The van der Waals surface area contributed by atoms with Gasteiger partial charge in [-0.1, -0.05) is 40.9 Å². The van der Waals surface area contributed by atoms with E-state index >= 15 is 0 Å². The normalized spacial score (nSPS) is 17.5. The number of nitrogens with zero attached hydrogens (tertiary/aromatic N) is 1. The second-order valence-corrected chi connectivity index (χ2v) is 6.70. The Hall–Kier alpha value is -2.04. The third-order valence-electron chi connectivity index (χ3n) is 4.00. The van der Waals surface area contributed by atoms with Crippen molar-refractivity contribution < 1.29 is 9.59 Å². The fourth-order valence-corrected chi connectivity index (χ4v) is 3.14. The van der Waals surface area contributed by atoms with Crippen LogP contribution < -0.4 is 10.2 Å². The second-order valence-electron chi connectivity index (χ2n) is 5.89. The number of hydrogen-bond donors (Lipinski definition) is 1. The molecule has 1 fully saturated rings. The Morgan fingerprint density at radius 3 is 2.46 bits per heavy atom. The first-order valence-electron chi connectivity index (χ1n) is 7.52. The quantitative estimate of drug-likeness (QED) is 0.825. The average molecular weight is 363 g/mol. The lowest BCUT2D eigenvalue weighted by atomic mass is 10.1. The van der Waals surface area contributed by atoms with Crippen molar-refractivity contribution in [2.75, 3.05) is 10.2 Å². The molecule has 2 aromatic rings. The highest BCUT2D eigenvalue weighted by Gasteiger charge is 2.40. The molecule has 0 aromatic heterocycles. The largest absolute Gasteiger partial charge is 0.373 e. The van der Waals surface area contributed by atoms with Crippen molar-refractivity contribution in [1.82, 2.24) is 0 Å². The van der Waals surface area contributed by atoms with Gasteiger partial charge in [-0.3, -0.25) is 9.59 Å². The Labute approximate surface area is 150 Å². The lowest BCUT2D eigenvalue weighted by Gasteiger charge is -2.18. The van der Waals surface area contributed by atoms with Gasteiger partial charge < -0.3 is 5.32 Å². The molecule has 1 atom stereocenters. The molecule has 3 rings (SSSR count). The fourth-order valence-electron chi connectivity index (χ4n) is 2.84. The van der Waals surface area contributed by atoms with Gasteiger partial charge >= 0.3 is 0 Å². The van der Waals surface area contributed by atoms with Crippen LogP contribution >= 0.6 is 23.2 Å². The summed E-state index contributed by atoms with van der Waals surface area (Å²) in [4.78, 5) is 26.3. The minimum Gasteiger partial charge on any atom is -0.373 e. The van der Waals surface area contributed by atoms with Crippen molar-refractivity contribution in [2.24, 2.45) is 0 Å². The van der Waals surface area contributed by atoms with Crippen LogP contribution in [0.25, 0.3) is 0 Å². The van der Waals surface area contributed by atoms with Gasteiger partial charge in [-0.25, -0.2) is 4.90 Å². The zero-order valence-electron chi connectivity index (χ0n) is 13.3. The Balaban J connectivity index is 1.84. The molecule has 1 saturated heterocycles. The topological polar surface area (TPSA) is 49.4 Å². The van der Waals surface area contributed by atoms with Crippen LogP contribution in [0.15, 0.2) is 36.4 Å². The Morgan fingerprint density at radius 1 is 1.04 bits per heavy atom. The van der Waals surface area contributed by atoms with E-state index in [1.54, 1.807) is 18.2 Å². The van der Waals surface area contributed by atoms with E-state index in [2.05, 4.69) is 5.32 Å². The molecular weight excluding hydrogens is 347 g/mol. The van der Waals surface area contributed by atoms with Crippen LogP contribution in [0.2, 0.25) is 10.0 Å². The number of carbonyl (C=O) groups excluding carboxylic acids is 2. The van der Waals surface area contributed by atoms with Gasteiger partial charge in [-0.15, -0.1) is 0 Å². The van der Waals surface area contributed by atoms with E-state index in [4.69, 9.17) is 23.2 Å². The van der Waals surface area contributed by atoms with Gasteiger partial charge in [0.05, 0.1) is 22.2 Å². The monoisotopic (exact) mass is 362 g/mol. The maximum absolute atomic E-state index is 12.7. The zero-order chi connectivity index (χ0) is 17.4. The number of hydrogen-bond acceptors (Lipinski definition) is 3. The smallest absolute Gasteiger partial charge is 0.256 e. The highest BCUT2D eigenvalue weighted by molar-refractivity contribution is 6.42. The van der Waals surface area contributed by atoms with Gasteiger partial charge in [0.1, 0.15) is 6.04 Å². The van der Waals surface area contributed by atoms with Crippen molar-refractivity contribution in [3.63, 3.8) is 0 Å². The third kappa shape index (κ3) is 3.12. The van der Waals surface area contributed by atoms with E-state index in [1.165, 1.54) is 4.90 Å². The highest BCUT2D eigenvalue weighted by Crippen LogP contribution is 2.30. The van der Waals surface area contributed by atoms with Crippen molar-refractivity contribution in [3.05, 3.63) is 57.6 Å². The first-order chi connectivity index (χ1) is 11.4. The average Bonchev–Trinajstić information content (AvgIpc) is 2.78. The Bertz CT molecular complexity index is 836. The number of halogens is 2. The van der Waals surface area contributed by atoms with E-state index < -0.39 is 6.04 Å². The van der Waals surface area contributed by atoms with Crippen LogP contribution in [0, 0.1) is 13.8 Å². The molecule has 2 aromatic carbocycles. The van der Waals surface area contributed by atoms with Crippen LogP contribution in [-0.4, -0.2) is 17.9 Å². The molecule has 1 aliphatic rings. The minimum atomic E-state index is -0.615. The lowest BCUT2D eigenvalue weighted by Crippen LogP contribution is -2.35. The molecule has 1 unspecified atom stereocenters. The second kappa shape index (κ2) is 6.46. The molecule has 124 valence electrons. The van der Waals surface area contributed by atoms with Crippen LogP contribution in [0.4, 0.5) is 11.4 Å². The summed E-state index contributed by atoms with van der Waals surface area (Å²) in [6, 6.07) is 10.1. The first-order valence-corrected chi connectivity index (χ1v) is 8.28. The van der Waals surface area contributed by atoms with Crippen molar-refractivity contribution in [3.8, 4) is 0 Å². The van der Waals surface area contributed by atoms with Gasteiger partial charge in [0.25, 0.3) is 5.91 Å². The highest BCUT2D eigenvalue weighted by atomic mass is 35.5. The van der Waals surface area contributed by atoms with E-state index in [-0.39, 0.29) is 18.2 Å². The summed E-state index contributed by atoms with van der Waals surface area (Å²) in [5, 5.41) is 3.90. The van der Waals surface area contributed by atoms with Gasteiger partial charge in [0.2, 0.25) is 5.91 Å². The van der Waals surface area contributed by atoms with Crippen molar-refractivity contribution >= 4 is 46.4 Å². The summed E-state index contributed by atoms with van der Waals surface area (Å²) in [6.45, 7) is 3.86. The summed E-state index contributed by atoms with van der Waals surface area (Å²) in [5.41, 5.74) is 3.26. The maximum atomic E-state index is 12.7. The third-order valence-corrected chi connectivity index (χ3v) is 4.74. The Kier molecular flexibility index (Phi) is 4.52.